The number of benzene rings is 1. The third-order valence-corrected chi connectivity index (χ3v) is 4.98. The van der Waals surface area contributed by atoms with E-state index in [2.05, 4.69) is 4.98 Å². The Labute approximate surface area is 162 Å². The van der Waals surface area contributed by atoms with Crippen LogP contribution in [0.5, 0.6) is 11.5 Å². The Morgan fingerprint density at radius 2 is 1.78 bits per heavy atom. The number of hydrogen-bond donors (Lipinski definition) is 1. The standard InChI is InChI=1S/C19H25N3O4S/c1-3-25-15-11-13-14(12-16(15)26-4-2)20-19(27)22(18(13)24)10-7-17(23)21-8-5-6-9-21/h11-12H,3-10H2,1-2H3,(H,20,27). The van der Waals surface area contributed by atoms with Gasteiger partial charge in [-0.15, -0.1) is 0 Å². The molecule has 146 valence electrons. The van der Waals surface area contributed by atoms with Gasteiger partial charge < -0.3 is 19.4 Å². The van der Waals surface area contributed by atoms with Crippen LogP contribution in [0.15, 0.2) is 16.9 Å². The van der Waals surface area contributed by atoms with Crippen molar-refractivity contribution in [1.82, 2.24) is 14.5 Å². The second-order valence-corrected chi connectivity index (χ2v) is 6.82. The lowest BCUT2D eigenvalue weighted by atomic mass is 10.2. The highest BCUT2D eigenvalue weighted by Gasteiger charge is 2.18. The van der Waals surface area contributed by atoms with Gasteiger partial charge in [0.05, 0.1) is 24.1 Å². The summed E-state index contributed by atoms with van der Waals surface area (Å²) in [7, 11) is 0. The van der Waals surface area contributed by atoms with Crippen LogP contribution in [0.25, 0.3) is 10.9 Å². The van der Waals surface area contributed by atoms with Crippen molar-refractivity contribution in [2.45, 2.75) is 39.7 Å². The molecule has 27 heavy (non-hydrogen) atoms. The number of nitrogens with one attached hydrogen (secondary N) is 1. The first-order valence-electron chi connectivity index (χ1n) is 9.39. The minimum absolute atomic E-state index is 0.0654. The van der Waals surface area contributed by atoms with E-state index in [1.807, 2.05) is 18.7 Å². The van der Waals surface area contributed by atoms with Crippen LogP contribution in [0.1, 0.15) is 33.1 Å². The number of likely N-dealkylation sites (tertiary alicyclic amines) is 1. The topological polar surface area (TPSA) is 76.6 Å². The van der Waals surface area contributed by atoms with Gasteiger partial charge in [0.15, 0.2) is 16.3 Å². The van der Waals surface area contributed by atoms with Crippen LogP contribution in [0.4, 0.5) is 0 Å². The first-order chi connectivity index (χ1) is 13.0. The molecule has 0 radical (unpaired) electrons. The normalized spacial score (nSPS) is 13.9. The number of aromatic amines is 1. The number of aromatic nitrogens is 2. The number of amides is 1. The van der Waals surface area contributed by atoms with E-state index in [9.17, 15) is 9.59 Å². The highest BCUT2D eigenvalue weighted by atomic mass is 32.1. The lowest BCUT2D eigenvalue weighted by Gasteiger charge is -2.16. The monoisotopic (exact) mass is 391 g/mol. The molecule has 2 aromatic rings. The molecular formula is C19H25N3O4S. The average molecular weight is 391 g/mol. The summed E-state index contributed by atoms with van der Waals surface area (Å²) < 4.78 is 13.0. The lowest BCUT2D eigenvalue weighted by molar-refractivity contribution is -0.130. The number of hydrogen-bond acceptors (Lipinski definition) is 5. The summed E-state index contributed by atoms with van der Waals surface area (Å²) in [6, 6.07) is 3.41. The maximum Gasteiger partial charge on any atom is 0.262 e. The molecule has 7 nitrogen and oxygen atoms in total. The summed E-state index contributed by atoms with van der Waals surface area (Å²) >= 11 is 5.36. The summed E-state index contributed by atoms with van der Waals surface area (Å²) in [5.41, 5.74) is 0.367. The SMILES string of the molecule is CCOc1cc2[nH]c(=S)n(CCC(=O)N3CCCC3)c(=O)c2cc1OCC. The second kappa shape index (κ2) is 8.56. The summed E-state index contributed by atoms with van der Waals surface area (Å²) in [5, 5.41) is 0.462. The smallest absolute Gasteiger partial charge is 0.262 e. The van der Waals surface area contributed by atoms with Crippen molar-refractivity contribution in [3.63, 3.8) is 0 Å². The number of carbonyl (C=O) groups excluding carboxylic acids is 1. The van der Waals surface area contributed by atoms with Crippen molar-refractivity contribution in [1.29, 1.82) is 0 Å². The highest BCUT2D eigenvalue weighted by Crippen LogP contribution is 2.30. The first kappa shape index (κ1) is 19.4. The molecule has 1 aromatic heterocycles. The Balaban J connectivity index is 1.94. The predicted molar refractivity (Wildman–Crippen MR) is 106 cm³/mol. The molecule has 0 bridgehead atoms. The van der Waals surface area contributed by atoms with E-state index in [0.29, 0.717) is 40.4 Å². The first-order valence-corrected chi connectivity index (χ1v) is 9.80. The van der Waals surface area contributed by atoms with E-state index < -0.39 is 0 Å². The van der Waals surface area contributed by atoms with Crippen molar-refractivity contribution < 1.29 is 14.3 Å². The van der Waals surface area contributed by atoms with Gasteiger partial charge in [-0.3, -0.25) is 14.2 Å². The van der Waals surface area contributed by atoms with Gasteiger partial charge in [-0.25, -0.2) is 0 Å². The molecule has 1 saturated heterocycles. The fraction of sp³-hybridized carbons (Fsp3) is 0.526. The molecule has 8 heteroatoms. The molecule has 1 N–H and O–H groups in total. The molecule has 0 unspecified atom stereocenters. The number of ether oxygens (including phenoxy) is 2. The number of H-pyrrole nitrogens is 1. The summed E-state index contributed by atoms with van der Waals surface area (Å²) in [5.74, 6) is 1.16. The van der Waals surface area contributed by atoms with Crippen LogP contribution < -0.4 is 15.0 Å². The molecule has 3 rings (SSSR count). The Morgan fingerprint density at radius 3 is 2.41 bits per heavy atom. The van der Waals surface area contributed by atoms with E-state index in [0.717, 1.165) is 25.9 Å². The van der Waals surface area contributed by atoms with Gasteiger partial charge in [0.1, 0.15) is 0 Å². The largest absolute Gasteiger partial charge is 0.490 e. The minimum atomic E-state index is -0.230. The van der Waals surface area contributed by atoms with Crippen molar-refractivity contribution in [3.05, 3.63) is 27.3 Å². The number of nitrogens with zero attached hydrogens (tertiary/aromatic N) is 2. The predicted octanol–water partition coefficient (Wildman–Crippen LogP) is 2.87. The zero-order chi connectivity index (χ0) is 19.4. The van der Waals surface area contributed by atoms with Gasteiger partial charge >= 0.3 is 0 Å². The molecule has 1 fully saturated rings. The quantitative estimate of drug-likeness (QED) is 0.735. The third-order valence-electron chi connectivity index (χ3n) is 4.65. The zero-order valence-corrected chi connectivity index (χ0v) is 16.6. The molecule has 1 aliphatic rings. The number of rotatable bonds is 7. The van der Waals surface area contributed by atoms with E-state index in [4.69, 9.17) is 21.7 Å². The van der Waals surface area contributed by atoms with Gasteiger partial charge in [-0.05, 0) is 45.0 Å². The van der Waals surface area contributed by atoms with Gasteiger partial charge in [0.25, 0.3) is 5.56 Å². The van der Waals surface area contributed by atoms with Crippen molar-refractivity contribution >= 4 is 29.0 Å². The van der Waals surface area contributed by atoms with Crippen LogP contribution in [0.2, 0.25) is 0 Å². The minimum Gasteiger partial charge on any atom is -0.490 e. The van der Waals surface area contributed by atoms with Gasteiger partial charge in [-0.2, -0.15) is 0 Å². The van der Waals surface area contributed by atoms with Crippen LogP contribution in [0, 0.1) is 4.77 Å². The van der Waals surface area contributed by atoms with E-state index in [1.54, 1.807) is 12.1 Å². The molecule has 2 heterocycles. The summed E-state index contributed by atoms with van der Waals surface area (Å²) in [4.78, 5) is 30.2. The molecule has 0 atom stereocenters. The van der Waals surface area contributed by atoms with Gasteiger partial charge in [0, 0.05) is 32.1 Å². The molecular weight excluding hydrogens is 366 g/mol. The summed E-state index contributed by atoms with van der Waals surface area (Å²) in [6.07, 6.45) is 2.35. The van der Waals surface area contributed by atoms with Crippen LogP contribution in [0.3, 0.4) is 0 Å². The molecule has 0 spiro atoms. The average Bonchev–Trinajstić information content (AvgIpc) is 3.18. The van der Waals surface area contributed by atoms with Crippen LogP contribution in [-0.4, -0.2) is 46.7 Å². The van der Waals surface area contributed by atoms with Crippen LogP contribution >= 0.6 is 12.2 Å². The van der Waals surface area contributed by atoms with Crippen molar-refractivity contribution in [3.8, 4) is 11.5 Å². The Hall–Kier alpha value is -2.35. The zero-order valence-electron chi connectivity index (χ0n) is 15.7. The fourth-order valence-corrected chi connectivity index (χ4v) is 3.62. The van der Waals surface area contributed by atoms with Crippen molar-refractivity contribution in [2.75, 3.05) is 26.3 Å². The maximum absolute atomic E-state index is 13.0. The van der Waals surface area contributed by atoms with Crippen molar-refractivity contribution in [2.24, 2.45) is 0 Å². The molecule has 1 amide bonds. The molecule has 0 saturated carbocycles. The van der Waals surface area contributed by atoms with E-state index in [-0.39, 0.29) is 24.4 Å². The van der Waals surface area contributed by atoms with Gasteiger partial charge in [0.2, 0.25) is 5.91 Å². The Bertz CT molecular complexity index is 944. The van der Waals surface area contributed by atoms with E-state index >= 15 is 0 Å². The second-order valence-electron chi connectivity index (χ2n) is 6.44. The Morgan fingerprint density at radius 1 is 1.15 bits per heavy atom. The number of carbonyl (C=O) groups is 1. The van der Waals surface area contributed by atoms with Gasteiger partial charge in [-0.1, -0.05) is 0 Å². The molecule has 1 aromatic carbocycles. The molecule has 0 aliphatic carbocycles. The maximum atomic E-state index is 13.0. The molecule has 1 aliphatic heterocycles. The summed E-state index contributed by atoms with van der Waals surface area (Å²) in [6.45, 7) is 6.58. The lowest BCUT2D eigenvalue weighted by Crippen LogP contribution is -2.30. The fourth-order valence-electron chi connectivity index (χ4n) is 3.33. The Kier molecular flexibility index (Phi) is 6.15. The van der Waals surface area contributed by atoms with Crippen LogP contribution in [-0.2, 0) is 11.3 Å². The van der Waals surface area contributed by atoms with E-state index in [1.165, 1.54) is 4.57 Å². The third kappa shape index (κ3) is 4.16. The highest BCUT2D eigenvalue weighted by molar-refractivity contribution is 7.71. The number of fused-ring (bicyclic) bond motifs is 1.